The molecule has 0 bridgehead atoms. The smallest absolute Gasteiger partial charge is 0.226 e. The van der Waals surface area contributed by atoms with Gasteiger partial charge < -0.3 is 5.32 Å². The average Bonchev–Trinajstić information content (AvgIpc) is 2.46. The molecule has 100 valence electrons. The Kier molecular flexibility index (Phi) is 4.52. The minimum atomic E-state index is -0.417. The van der Waals surface area contributed by atoms with E-state index in [4.69, 9.17) is 0 Å². The van der Waals surface area contributed by atoms with Crippen LogP contribution in [0.25, 0.3) is 0 Å². The second kappa shape index (κ2) is 6.53. The maximum absolute atomic E-state index is 12.0. The van der Waals surface area contributed by atoms with E-state index in [1.165, 1.54) is 0 Å². The van der Waals surface area contributed by atoms with E-state index in [1.54, 1.807) is 0 Å². The lowest BCUT2D eigenvalue weighted by molar-refractivity contribution is -0.116. The summed E-state index contributed by atoms with van der Waals surface area (Å²) in [7, 11) is 0. The number of amides is 1. The second-order valence-electron chi connectivity index (χ2n) is 4.66. The van der Waals surface area contributed by atoms with E-state index in [1.807, 2.05) is 61.5 Å². The molecule has 0 aliphatic rings. The Morgan fingerprint density at radius 2 is 1.80 bits per heavy atom. The van der Waals surface area contributed by atoms with Crippen LogP contribution in [0.1, 0.15) is 23.5 Å². The van der Waals surface area contributed by atoms with E-state index in [0.29, 0.717) is 0 Å². The van der Waals surface area contributed by atoms with Crippen molar-refractivity contribution in [2.45, 2.75) is 19.3 Å². The van der Waals surface area contributed by atoms with Crippen LogP contribution in [0.4, 0.5) is 5.69 Å². The molecule has 0 aliphatic carbocycles. The fourth-order valence-corrected chi connectivity index (χ4v) is 2.12. The Balaban J connectivity index is 2.06. The van der Waals surface area contributed by atoms with Gasteiger partial charge in [0.05, 0.1) is 12.0 Å². The predicted octanol–water partition coefficient (Wildman–Crippen LogP) is 3.63. The van der Waals surface area contributed by atoms with Crippen molar-refractivity contribution >= 4 is 11.6 Å². The van der Waals surface area contributed by atoms with Gasteiger partial charge in [0.25, 0.3) is 0 Å². The summed E-state index contributed by atoms with van der Waals surface area (Å²) in [6.45, 7) is 1.95. The lowest BCUT2D eigenvalue weighted by Crippen LogP contribution is -2.15. The van der Waals surface area contributed by atoms with Crippen LogP contribution in [0, 0.1) is 18.3 Å². The molecule has 0 saturated carbocycles. The molecule has 0 fully saturated rings. The molecule has 0 heterocycles. The summed E-state index contributed by atoms with van der Waals surface area (Å²) < 4.78 is 0. The van der Waals surface area contributed by atoms with Gasteiger partial charge in [0.15, 0.2) is 0 Å². The zero-order chi connectivity index (χ0) is 14.4. The number of carbonyl (C=O) groups excluding carboxylic acids is 1. The maximum Gasteiger partial charge on any atom is 0.226 e. The Morgan fingerprint density at radius 3 is 2.45 bits per heavy atom. The van der Waals surface area contributed by atoms with E-state index < -0.39 is 5.92 Å². The number of carbonyl (C=O) groups is 1. The molecule has 0 aliphatic heterocycles. The van der Waals surface area contributed by atoms with Crippen LogP contribution in [0.5, 0.6) is 0 Å². The van der Waals surface area contributed by atoms with Gasteiger partial charge in [-0.25, -0.2) is 0 Å². The molecule has 1 amide bonds. The molecule has 0 saturated heterocycles. The first-order valence-corrected chi connectivity index (χ1v) is 6.50. The van der Waals surface area contributed by atoms with Gasteiger partial charge in [0.1, 0.15) is 0 Å². The van der Waals surface area contributed by atoms with E-state index in [9.17, 15) is 10.1 Å². The van der Waals surface area contributed by atoms with E-state index in [0.717, 1.165) is 16.8 Å². The lowest BCUT2D eigenvalue weighted by Gasteiger charge is -2.12. The van der Waals surface area contributed by atoms with E-state index >= 15 is 0 Å². The van der Waals surface area contributed by atoms with Crippen molar-refractivity contribution in [3.8, 4) is 6.07 Å². The summed E-state index contributed by atoms with van der Waals surface area (Å²) >= 11 is 0. The van der Waals surface area contributed by atoms with Crippen LogP contribution in [-0.4, -0.2) is 5.91 Å². The summed E-state index contributed by atoms with van der Waals surface area (Å²) in [6.07, 6.45) is 0.163. The number of anilines is 1. The van der Waals surface area contributed by atoms with Crippen molar-refractivity contribution in [1.29, 1.82) is 5.26 Å². The molecule has 2 aromatic carbocycles. The molecule has 20 heavy (non-hydrogen) atoms. The van der Waals surface area contributed by atoms with Gasteiger partial charge >= 0.3 is 0 Å². The van der Waals surface area contributed by atoms with E-state index in [2.05, 4.69) is 11.4 Å². The summed E-state index contributed by atoms with van der Waals surface area (Å²) in [6, 6.07) is 19.2. The summed E-state index contributed by atoms with van der Waals surface area (Å²) in [5, 5.41) is 12.1. The van der Waals surface area contributed by atoms with Crippen molar-refractivity contribution in [3.05, 3.63) is 65.7 Å². The summed E-state index contributed by atoms with van der Waals surface area (Å²) in [5.74, 6) is -0.564. The number of nitriles is 1. The third-order valence-corrected chi connectivity index (χ3v) is 3.17. The zero-order valence-electron chi connectivity index (χ0n) is 11.3. The number of rotatable bonds is 4. The molecular formula is C17H16N2O. The van der Waals surface area contributed by atoms with Gasteiger partial charge in [-0.3, -0.25) is 4.79 Å². The van der Waals surface area contributed by atoms with Gasteiger partial charge in [-0.1, -0.05) is 42.5 Å². The highest BCUT2D eigenvalue weighted by molar-refractivity contribution is 5.91. The molecule has 0 aromatic heterocycles. The largest absolute Gasteiger partial charge is 0.326 e. The fraction of sp³-hybridized carbons (Fsp3) is 0.176. The zero-order valence-corrected chi connectivity index (χ0v) is 11.3. The standard InChI is InChI=1S/C17H16N2O/c1-13-7-5-6-10-16(13)14(12-18)11-17(20)19-15-8-3-2-4-9-15/h2-10,14H,11H2,1H3,(H,19,20). The molecule has 1 atom stereocenters. The minimum absolute atomic E-state index is 0.147. The molecule has 0 radical (unpaired) electrons. The number of hydrogen-bond acceptors (Lipinski definition) is 2. The molecule has 1 unspecified atom stereocenters. The number of aryl methyl sites for hydroxylation is 1. The maximum atomic E-state index is 12.0. The average molecular weight is 264 g/mol. The number of nitrogens with zero attached hydrogens (tertiary/aromatic N) is 1. The van der Waals surface area contributed by atoms with Gasteiger partial charge in [-0.05, 0) is 30.2 Å². The van der Waals surface area contributed by atoms with Crippen LogP contribution in [0.3, 0.4) is 0 Å². The first kappa shape index (κ1) is 13.8. The highest BCUT2D eigenvalue weighted by Gasteiger charge is 2.17. The van der Waals surface area contributed by atoms with Crippen molar-refractivity contribution < 1.29 is 4.79 Å². The molecule has 2 rings (SSSR count). The van der Waals surface area contributed by atoms with Gasteiger partial charge in [0, 0.05) is 12.1 Å². The first-order chi connectivity index (χ1) is 9.70. The second-order valence-corrected chi connectivity index (χ2v) is 4.66. The summed E-state index contributed by atoms with van der Waals surface area (Å²) in [4.78, 5) is 12.0. The number of nitrogens with one attached hydrogen (secondary N) is 1. The third-order valence-electron chi connectivity index (χ3n) is 3.17. The number of hydrogen-bond donors (Lipinski definition) is 1. The molecular weight excluding hydrogens is 248 g/mol. The van der Waals surface area contributed by atoms with Crippen LogP contribution in [0.2, 0.25) is 0 Å². The molecule has 3 nitrogen and oxygen atoms in total. The SMILES string of the molecule is Cc1ccccc1C(C#N)CC(=O)Nc1ccccc1. The quantitative estimate of drug-likeness (QED) is 0.916. The molecule has 0 spiro atoms. The Morgan fingerprint density at radius 1 is 1.15 bits per heavy atom. The van der Waals surface area contributed by atoms with Crippen molar-refractivity contribution in [2.75, 3.05) is 5.32 Å². The number of para-hydroxylation sites is 1. The summed E-state index contributed by atoms with van der Waals surface area (Å²) in [5.41, 5.74) is 2.70. The normalized spacial score (nSPS) is 11.4. The molecule has 1 N–H and O–H groups in total. The minimum Gasteiger partial charge on any atom is -0.326 e. The monoisotopic (exact) mass is 264 g/mol. The van der Waals surface area contributed by atoms with Gasteiger partial charge in [-0.15, -0.1) is 0 Å². The van der Waals surface area contributed by atoms with Crippen LogP contribution in [0.15, 0.2) is 54.6 Å². The van der Waals surface area contributed by atoms with Crippen molar-refractivity contribution in [1.82, 2.24) is 0 Å². The first-order valence-electron chi connectivity index (χ1n) is 6.50. The lowest BCUT2D eigenvalue weighted by atomic mass is 9.93. The highest BCUT2D eigenvalue weighted by atomic mass is 16.1. The van der Waals surface area contributed by atoms with E-state index in [-0.39, 0.29) is 12.3 Å². The van der Waals surface area contributed by atoms with Crippen LogP contribution in [-0.2, 0) is 4.79 Å². The van der Waals surface area contributed by atoms with Crippen LogP contribution < -0.4 is 5.32 Å². The predicted molar refractivity (Wildman–Crippen MR) is 79.2 cm³/mol. The Bertz CT molecular complexity index is 629. The van der Waals surface area contributed by atoms with Crippen molar-refractivity contribution in [3.63, 3.8) is 0 Å². The third kappa shape index (κ3) is 3.46. The number of benzene rings is 2. The fourth-order valence-electron chi connectivity index (χ4n) is 2.12. The van der Waals surface area contributed by atoms with Crippen molar-refractivity contribution in [2.24, 2.45) is 0 Å². The van der Waals surface area contributed by atoms with Gasteiger partial charge in [0.2, 0.25) is 5.91 Å². The Hall–Kier alpha value is -2.60. The topological polar surface area (TPSA) is 52.9 Å². The molecule has 2 aromatic rings. The highest BCUT2D eigenvalue weighted by Crippen LogP contribution is 2.22. The van der Waals surface area contributed by atoms with Crippen LogP contribution >= 0.6 is 0 Å². The Labute approximate surface area is 118 Å². The molecule has 3 heteroatoms. The van der Waals surface area contributed by atoms with Gasteiger partial charge in [-0.2, -0.15) is 5.26 Å².